The molecule has 1 aliphatic rings. The molecule has 0 spiro atoms. The van der Waals surface area contributed by atoms with Gasteiger partial charge in [0.15, 0.2) is 0 Å². The summed E-state index contributed by atoms with van der Waals surface area (Å²) in [5.74, 6) is 0.697. The number of hydrogen-bond donors (Lipinski definition) is 1. The third kappa shape index (κ3) is 1.73. The Morgan fingerprint density at radius 3 is 3.07 bits per heavy atom. The Kier molecular flexibility index (Phi) is 2.68. The number of pyridine rings is 1. The second kappa shape index (κ2) is 3.81. The minimum atomic E-state index is 0.650. The van der Waals surface area contributed by atoms with Crippen molar-refractivity contribution in [2.45, 2.75) is 31.0 Å². The van der Waals surface area contributed by atoms with Gasteiger partial charge in [0.2, 0.25) is 0 Å². The lowest BCUT2D eigenvalue weighted by Gasteiger charge is -2.28. The molecule has 76 valence electrons. The predicted molar refractivity (Wildman–Crippen MR) is 61.9 cm³/mol. The average molecular weight is 208 g/mol. The summed E-state index contributed by atoms with van der Waals surface area (Å²) in [6, 6.07) is 2.06. The molecule has 3 heteroatoms. The molecule has 0 aliphatic carbocycles. The zero-order valence-corrected chi connectivity index (χ0v) is 9.69. The SMILES string of the molecule is Cc1ccnc2c1NCC(C(C)C)S2. The van der Waals surface area contributed by atoms with Crippen LogP contribution in [0.2, 0.25) is 0 Å². The number of thioether (sulfide) groups is 1. The van der Waals surface area contributed by atoms with Crippen LogP contribution in [0.1, 0.15) is 19.4 Å². The molecule has 2 heterocycles. The number of aromatic nitrogens is 1. The molecule has 1 unspecified atom stereocenters. The van der Waals surface area contributed by atoms with Gasteiger partial charge < -0.3 is 5.32 Å². The molecule has 0 fully saturated rings. The van der Waals surface area contributed by atoms with Gasteiger partial charge in [0.1, 0.15) is 5.03 Å². The van der Waals surface area contributed by atoms with Gasteiger partial charge in [-0.3, -0.25) is 0 Å². The van der Waals surface area contributed by atoms with Gasteiger partial charge in [-0.2, -0.15) is 0 Å². The van der Waals surface area contributed by atoms with Gasteiger partial charge in [-0.15, -0.1) is 0 Å². The van der Waals surface area contributed by atoms with Crippen LogP contribution in [0.4, 0.5) is 5.69 Å². The maximum absolute atomic E-state index is 4.41. The second-order valence-corrected chi connectivity index (χ2v) is 5.32. The van der Waals surface area contributed by atoms with E-state index < -0.39 is 0 Å². The predicted octanol–water partition coefficient (Wildman–Crippen LogP) is 2.93. The van der Waals surface area contributed by atoms with Gasteiger partial charge in [0, 0.05) is 18.0 Å². The quantitative estimate of drug-likeness (QED) is 0.768. The first kappa shape index (κ1) is 9.84. The van der Waals surface area contributed by atoms with Gasteiger partial charge in [-0.1, -0.05) is 25.6 Å². The van der Waals surface area contributed by atoms with Crippen molar-refractivity contribution in [2.24, 2.45) is 5.92 Å². The molecule has 0 saturated heterocycles. The van der Waals surface area contributed by atoms with Crippen molar-refractivity contribution in [3.05, 3.63) is 17.8 Å². The largest absolute Gasteiger partial charge is 0.382 e. The molecule has 0 radical (unpaired) electrons. The van der Waals surface area contributed by atoms with Crippen LogP contribution in [0.25, 0.3) is 0 Å². The van der Waals surface area contributed by atoms with Crippen LogP contribution in [0.15, 0.2) is 17.3 Å². The zero-order chi connectivity index (χ0) is 10.1. The van der Waals surface area contributed by atoms with Crippen molar-refractivity contribution in [3.63, 3.8) is 0 Å². The van der Waals surface area contributed by atoms with Crippen LogP contribution in [0, 0.1) is 12.8 Å². The van der Waals surface area contributed by atoms with E-state index >= 15 is 0 Å². The monoisotopic (exact) mass is 208 g/mol. The van der Waals surface area contributed by atoms with E-state index in [4.69, 9.17) is 0 Å². The minimum Gasteiger partial charge on any atom is -0.382 e. The molecule has 2 nitrogen and oxygen atoms in total. The molecule has 0 aromatic carbocycles. The second-order valence-electron chi connectivity index (χ2n) is 4.09. The highest BCUT2D eigenvalue weighted by atomic mass is 32.2. The van der Waals surface area contributed by atoms with E-state index in [2.05, 4.69) is 37.1 Å². The van der Waals surface area contributed by atoms with Crippen molar-refractivity contribution in [1.82, 2.24) is 4.98 Å². The van der Waals surface area contributed by atoms with Crippen LogP contribution >= 0.6 is 11.8 Å². The van der Waals surface area contributed by atoms with Gasteiger partial charge in [0.25, 0.3) is 0 Å². The molecule has 0 amide bonds. The van der Waals surface area contributed by atoms with E-state index in [9.17, 15) is 0 Å². The van der Waals surface area contributed by atoms with E-state index in [0.717, 1.165) is 11.6 Å². The van der Waals surface area contributed by atoms with Gasteiger partial charge in [-0.05, 0) is 24.5 Å². The van der Waals surface area contributed by atoms with Crippen LogP contribution in [0.5, 0.6) is 0 Å². The summed E-state index contributed by atoms with van der Waals surface area (Å²) in [7, 11) is 0. The van der Waals surface area contributed by atoms with Gasteiger partial charge in [0.05, 0.1) is 5.69 Å². The molecule has 1 aromatic rings. The maximum Gasteiger partial charge on any atom is 0.120 e. The first-order valence-electron chi connectivity index (χ1n) is 5.04. The Morgan fingerprint density at radius 2 is 2.36 bits per heavy atom. The third-order valence-electron chi connectivity index (χ3n) is 2.61. The lowest BCUT2D eigenvalue weighted by atomic mass is 10.1. The van der Waals surface area contributed by atoms with Crippen LogP contribution < -0.4 is 5.32 Å². The summed E-state index contributed by atoms with van der Waals surface area (Å²) >= 11 is 1.91. The maximum atomic E-state index is 4.41. The Labute approximate surface area is 89.5 Å². The first-order chi connectivity index (χ1) is 6.68. The van der Waals surface area contributed by atoms with Gasteiger partial charge >= 0.3 is 0 Å². The van der Waals surface area contributed by atoms with Crippen molar-refractivity contribution in [3.8, 4) is 0 Å². The summed E-state index contributed by atoms with van der Waals surface area (Å²) in [6.45, 7) is 7.71. The summed E-state index contributed by atoms with van der Waals surface area (Å²) in [5, 5.41) is 5.29. The fraction of sp³-hybridized carbons (Fsp3) is 0.545. The van der Waals surface area contributed by atoms with Crippen LogP contribution in [0.3, 0.4) is 0 Å². The van der Waals surface area contributed by atoms with E-state index in [0.29, 0.717) is 11.2 Å². The lowest BCUT2D eigenvalue weighted by Crippen LogP contribution is -2.26. The number of anilines is 1. The Bertz CT molecular complexity index is 336. The molecule has 0 saturated carbocycles. The summed E-state index contributed by atoms with van der Waals surface area (Å²) in [5.41, 5.74) is 2.53. The fourth-order valence-corrected chi connectivity index (χ4v) is 2.80. The van der Waals surface area contributed by atoms with Crippen molar-refractivity contribution >= 4 is 17.4 Å². The number of nitrogens with zero attached hydrogens (tertiary/aromatic N) is 1. The molecule has 1 N–H and O–H groups in total. The third-order valence-corrected chi connectivity index (χ3v) is 4.16. The molecule has 14 heavy (non-hydrogen) atoms. The molecular weight excluding hydrogens is 192 g/mol. The minimum absolute atomic E-state index is 0.650. The number of nitrogens with one attached hydrogen (secondary N) is 1. The molecule has 1 atom stereocenters. The van der Waals surface area contributed by atoms with E-state index in [-0.39, 0.29) is 0 Å². The van der Waals surface area contributed by atoms with E-state index in [1.165, 1.54) is 11.3 Å². The Hall–Kier alpha value is -0.700. The normalized spacial score (nSPS) is 20.4. The summed E-state index contributed by atoms with van der Waals surface area (Å²) < 4.78 is 0. The summed E-state index contributed by atoms with van der Waals surface area (Å²) in [6.07, 6.45) is 1.89. The van der Waals surface area contributed by atoms with E-state index in [1.54, 1.807) is 0 Å². The first-order valence-corrected chi connectivity index (χ1v) is 5.92. The highest BCUT2D eigenvalue weighted by Gasteiger charge is 2.23. The molecule has 1 aliphatic heterocycles. The van der Waals surface area contributed by atoms with E-state index in [1.807, 2.05) is 18.0 Å². The molecule has 1 aromatic heterocycles. The number of rotatable bonds is 1. The number of aryl methyl sites for hydroxylation is 1. The highest BCUT2D eigenvalue weighted by molar-refractivity contribution is 8.00. The Morgan fingerprint density at radius 1 is 1.57 bits per heavy atom. The number of hydrogen-bond acceptors (Lipinski definition) is 3. The smallest absolute Gasteiger partial charge is 0.120 e. The Balaban J connectivity index is 2.27. The summed E-state index contributed by atoms with van der Waals surface area (Å²) in [4.78, 5) is 4.41. The lowest BCUT2D eigenvalue weighted by molar-refractivity contribution is 0.618. The molecular formula is C11H16N2S. The molecule has 2 rings (SSSR count). The average Bonchev–Trinajstić information content (AvgIpc) is 2.17. The number of fused-ring (bicyclic) bond motifs is 1. The van der Waals surface area contributed by atoms with Crippen molar-refractivity contribution in [1.29, 1.82) is 0 Å². The van der Waals surface area contributed by atoms with Crippen LogP contribution in [-0.2, 0) is 0 Å². The van der Waals surface area contributed by atoms with Crippen molar-refractivity contribution in [2.75, 3.05) is 11.9 Å². The molecule has 0 bridgehead atoms. The van der Waals surface area contributed by atoms with Crippen LogP contribution in [-0.4, -0.2) is 16.8 Å². The fourth-order valence-electron chi connectivity index (χ4n) is 1.60. The standard InChI is InChI=1S/C11H16N2S/c1-7(2)9-6-13-10-8(3)4-5-12-11(10)14-9/h4-5,7,9,13H,6H2,1-3H3. The highest BCUT2D eigenvalue weighted by Crippen LogP contribution is 2.37. The zero-order valence-electron chi connectivity index (χ0n) is 8.87. The topological polar surface area (TPSA) is 24.9 Å². The van der Waals surface area contributed by atoms with Crippen molar-refractivity contribution < 1.29 is 0 Å². The van der Waals surface area contributed by atoms with Gasteiger partial charge in [-0.25, -0.2) is 4.98 Å².